The molecule has 1 N–H and O–H groups in total. The molecule has 1 aliphatic heterocycles. The normalized spacial score (nSPS) is 15.3. The predicted molar refractivity (Wildman–Crippen MR) is 118 cm³/mol. The van der Waals surface area contributed by atoms with Crippen LogP contribution in [0.1, 0.15) is 15.9 Å². The second-order valence-electron chi connectivity index (χ2n) is 6.99. The second kappa shape index (κ2) is 9.28. The smallest absolute Gasteiger partial charge is 0.267 e. The van der Waals surface area contributed by atoms with Crippen LogP contribution in [0.25, 0.3) is 0 Å². The quantitative estimate of drug-likeness (QED) is 0.685. The molecule has 0 unspecified atom stereocenters. The van der Waals surface area contributed by atoms with Gasteiger partial charge in [0.25, 0.3) is 5.91 Å². The molecule has 0 aliphatic carbocycles. The number of hydrogen-bond donors (Lipinski definition) is 1. The molecule has 0 saturated carbocycles. The molecule has 1 aliphatic rings. The van der Waals surface area contributed by atoms with Crippen molar-refractivity contribution in [3.63, 3.8) is 0 Å². The molecule has 1 heterocycles. The molecule has 11 heteroatoms. The molecule has 162 valence electrons. The van der Waals surface area contributed by atoms with E-state index in [1.807, 2.05) is 12.1 Å². The number of hydrogen-bond acceptors (Lipinski definition) is 5. The summed E-state index contributed by atoms with van der Waals surface area (Å²) in [7, 11) is -3.81. The van der Waals surface area contributed by atoms with E-state index in [0.717, 1.165) is 31.1 Å². The van der Waals surface area contributed by atoms with Gasteiger partial charge in [0.2, 0.25) is 10.0 Å². The van der Waals surface area contributed by atoms with Gasteiger partial charge in [-0.15, -0.1) is 0 Å². The number of piperazine rings is 1. The number of carbonyl (C=O) groups excluding carboxylic acids is 1. The van der Waals surface area contributed by atoms with Crippen molar-refractivity contribution in [3.05, 3.63) is 62.3 Å². The Hall–Kier alpha value is -1.58. The zero-order valence-electron chi connectivity index (χ0n) is 16.0. The molecule has 0 radical (unpaired) electrons. The first-order valence-electron chi connectivity index (χ1n) is 8.96. The zero-order valence-corrected chi connectivity index (χ0v) is 19.0. The first-order valence-corrected chi connectivity index (χ1v) is 12.0. The number of benzene rings is 2. The van der Waals surface area contributed by atoms with Crippen molar-refractivity contribution in [2.75, 3.05) is 37.3 Å². The summed E-state index contributed by atoms with van der Waals surface area (Å²) in [5, 5.41) is 1.20. The molecule has 1 saturated heterocycles. The Balaban J connectivity index is 1.65. The van der Waals surface area contributed by atoms with Gasteiger partial charge < -0.3 is 4.90 Å². The number of rotatable bonds is 5. The van der Waals surface area contributed by atoms with Gasteiger partial charge in [-0.05, 0) is 35.9 Å². The summed E-state index contributed by atoms with van der Waals surface area (Å²) >= 11 is 18.3. The lowest BCUT2D eigenvalue weighted by atomic mass is 10.1. The second-order valence-corrected chi connectivity index (χ2v) is 9.96. The maximum absolute atomic E-state index is 14.4. The first-order chi connectivity index (χ1) is 14.0. The van der Waals surface area contributed by atoms with Gasteiger partial charge in [-0.25, -0.2) is 17.5 Å². The number of nitrogens with one attached hydrogen (secondary N) is 1. The van der Waals surface area contributed by atoms with Gasteiger partial charge in [0.1, 0.15) is 5.82 Å². The van der Waals surface area contributed by atoms with Crippen LogP contribution in [0.4, 0.5) is 10.1 Å². The van der Waals surface area contributed by atoms with Gasteiger partial charge in [-0.2, -0.15) is 0 Å². The zero-order chi connectivity index (χ0) is 22.1. The van der Waals surface area contributed by atoms with Gasteiger partial charge in [0.15, 0.2) is 0 Å². The van der Waals surface area contributed by atoms with Crippen LogP contribution in [0.15, 0.2) is 30.3 Å². The Morgan fingerprint density at radius 2 is 1.70 bits per heavy atom. The monoisotopic (exact) mass is 493 g/mol. The molecule has 2 aromatic rings. The van der Waals surface area contributed by atoms with Crippen molar-refractivity contribution < 1.29 is 17.6 Å². The van der Waals surface area contributed by atoms with E-state index in [2.05, 4.69) is 9.80 Å². The van der Waals surface area contributed by atoms with Crippen molar-refractivity contribution in [1.82, 2.24) is 9.62 Å². The number of halogens is 4. The van der Waals surface area contributed by atoms with Crippen molar-refractivity contribution in [1.29, 1.82) is 0 Å². The van der Waals surface area contributed by atoms with Gasteiger partial charge in [-0.3, -0.25) is 9.69 Å². The summed E-state index contributed by atoms with van der Waals surface area (Å²) in [4.78, 5) is 16.2. The SMILES string of the molecule is CS(=O)(=O)NC(=O)c1cc(Cl)c(CN2CCN(c3ccc(Cl)c(Cl)c3)CC2)cc1F. The Morgan fingerprint density at radius 1 is 1.03 bits per heavy atom. The van der Waals surface area contributed by atoms with Gasteiger partial charge >= 0.3 is 0 Å². The third-order valence-corrected chi connectivity index (χ3v) is 6.34. The molecule has 2 aromatic carbocycles. The molecule has 1 amide bonds. The Kier molecular flexibility index (Phi) is 7.14. The largest absolute Gasteiger partial charge is 0.369 e. The molecule has 0 atom stereocenters. The Morgan fingerprint density at radius 3 is 2.30 bits per heavy atom. The highest BCUT2D eigenvalue weighted by Gasteiger charge is 2.22. The van der Waals surface area contributed by atoms with Crippen LogP contribution >= 0.6 is 34.8 Å². The fourth-order valence-electron chi connectivity index (χ4n) is 3.19. The molecule has 3 rings (SSSR count). The van der Waals surface area contributed by atoms with E-state index < -0.39 is 27.3 Å². The molecule has 30 heavy (non-hydrogen) atoms. The van der Waals surface area contributed by atoms with E-state index >= 15 is 0 Å². The number of amides is 1. The maximum Gasteiger partial charge on any atom is 0.267 e. The lowest BCUT2D eigenvalue weighted by Gasteiger charge is -2.36. The summed E-state index contributed by atoms with van der Waals surface area (Å²) in [6.45, 7) is 3.32. The number of sulfonamides is 1. The van der Waals surface area contributed by atoms with Crippen LogP contribution in [-0.4, -0.2) is 51.7 Å². The summed E-state index contributed by atoms with van der Waals surface area (Å²) in [6.07, 6.45) is 0.816. The lowest BCUT2D eigenvalue weighted by Crippen LogP contribution is -2.46. The lowest BCUT2D eigenvalue weighted by molar-refractivity contribution is 0.0977. The first kappa shape index (κ1) is 23.1. The number of nitrogens with zero attached hydrogens (tertiary/aromatic N) is 2. The van der Waals surface area contributed by atoms with E-state index in [1.54, 1.807) is 10.8 Å². The van der Waals surface area contributed by atoms with Gasteiger partial charge in [0, 0.05) is 43.4 Å². The van der Waals surface area contributed by atoms with Crippen LogP contribution in [0.3, 0.4) is 0 Å². The highest BCUT2D eigenvalue weighted by atomic mass is 35.5. The van der Waals surface area contributed by atoms with Gasteiger partial charge in [-0.1, -0.05) is 34.8 Å². The van der Waals surface area contributed by atoms with E-state index in [4.69, 9.17) is 34.8 Å². The maximum atomic E-state index is 14.4. The van der Waals surface area contributed by atoms with E-state index in [0.29, 0.717) is 35.2 Å². The number of anilines is 1. The van der Waals surface area contributed by atoms with Crippen molar-refractivity contribution in [2.24, 2.45) is 0 Å². The summed E-state index contributed by atoms with van der Waals surface area (Å²) < 4.78 is 38.5. The Bertz CT molecular complexity index is 1070. The number of carbonyl (C=O) groups is 1. The molecular weight excluding hydrogens is 476 g/mol. The van der Waals surface area contributed by atoms with E-state index in [9.17, 15) is 17.6 Å². The average Bonchev–Trinajstić information content (AvgIpc) is 2.66. The highest BCUT2D eigenvalue weighted by molar-refractivity contribution is 7.89. The topological polar surface area (TPSA) is 69.7 Å². The van der Waals surface area contributed by atoms with E-state index in [-0.39, 0.29) is 5.02 Å². The van der Waals surface area contributed by atoms with Crippen LogP contribution in [0.2, 0.25) is 15.1 Å². The summed E-state index contributed by atoms with van der Waals surface area (Å²) in [6, 6.07) is 7.82. The molecule has 0 spiro atoms. The molecular formula is C19H19Cl3FN3O3S. The fourth-order valence-corrected chi connectivity index (χ4v) is 4.16. The minimum atomic E-state index is -3.81. The molecule has 0 bridgehead atoms. The third-order valence-electron chi connectivity index (χ3n) is 4.69. The molecule has 1 fully saturated rings. The van der Waals surface area contributed by atoms with Crippen LogP contribution in [-0.2, 0) is 16.6 Å². The highest BCUT2D eigenvalue weighted by Crippen LogP contribution is 2.28. The van der Waals surface area contributed by atoms with Crippen molar-refractivity contribution in [2.45, 2.75) is 6.54 Å². The summed E-state index contributed by atoms with van der Waals surface area (Å²) in [5.41, 5.74) is 1.08. The summed E-state index contributed by atoms with van der Waals surface area (Å²) in [5.74, 6) is -1.89. The van der Waals surface area contributed by atoms with Gasteiger partial charge in [0.05, 0.1) is 21.9 Å². The third kappa shape index (κ3) is 5.76. The predicted octanol–water partition coefficient (Wildman–Crippen LogP) is 3.80. The van der Waals surface area contributed by atoms with Crippen molar-refractivity contribution in [3.8, 4) is 0 Å². The standard InChI is InChI=1S/C19H19Cl3FN3O3S/c1-30(28,29)24-19(27)14-10-16(21)12(8-18(14)23)11-25-4-6-26(7-5-25)13-2-3-15(20)17(22)9-13/h2-3,8-10H,4-7,11H2,1H3,(H,24,27). The van der Waals surface area contributed by atoms with E-state index in [1.165, 1.54) is 6.07 Å². The minimum Gasteiger partial charge on any atom is -0.369 e. The van der Waals surface area contributed by atoms with Crippen LogP contribution in [0, 0.1) is 5.82 Å². The van der Waals surface area contributed by atoms with Crippen LogP contribution in [0.5, 0.6) is 0 Å². The average molecular weight is 495 g/mol. The van der Waals surface area contributed by atoms with Crippen molar-refractivity contribution >= 4 is 56.4 Å². The Labute approximate surface area is 189 Å². The van der Waals surface area contributed by atoms with Crippen LogP contribution < -0.4 is 9.62 Å². The molecule has 0 aromatic heterocycles. The molecule has 6 nitrogen and oxygen atoms in total. The fraction of sp³-hybridized carbons (Fsp3) is 0.316. The minimum absolute atomic E-state index is 0.196.